The van der Waals surface area contributed by atoms with E-state index in [1.54, 1.807) is 7.11 Å². The summed E-state index contributed by atoms with van der Waals surface area (Å²) in [6.07, 6.45) is 5.12. The summed E-state index contributed by atoms with van der Waals surface area (Å²) in [7, 11) is 1.74. The molecule has 1 atom stereocenters. The molecule has 0 aromatic heterocycles. The number of hydrogen-bond donors (Lipinski definition) is 1. The Morgan fingerprint density at radius 1 is 1.16 bits per heavy atom. The van der Waals surface area contributed by atoms with Crippen molar-refractivity contribution in [3.8, 4) is 5.75 Å². The minimum atomic E-state index is 0.114. The quantitative estimate of drug-likeness (QED) is 0.887. The van der Waals surface area contributed by atoms with Crippen LogP contribution in [0.25, 0.3) is 0 Å². The van der Waals surface area contributed by atoms with Crippen molar-refractivity contribution >= 4 is 0 Å². The average molecular weight is 261 g/mol. The summed E-state index contributed by atoms with van der Waals surface area (Å²) >= 11 is 0. The Kier molecular flexibility index (Phi) is 4.51. The molecular formula is C17H27NO. The van der Waals surface area contributed by atoms with Crippen LogP contribution < -0.4 is 10.5 Å². The van der Waals surface area contributed by atoms with Gasteiger partial charge in [-0.05, 0) is 55.7 Å². The summed E-state index contributed by atoms with van der Waals surface area (Å²) in [5.41, 5.74) is 10.3. The molecular weight excluding hydrogens is 234 g/mol. The molecule has 1 unspecified atom stereocenters. The Morgan fingerprint density at radius 2 is 1.79 bits per heavy atom. The zero-order valence-electron chi connectivity index (χ0n) is 12.7. The van der Waals surface area contributed by atoms with Crippen molar-refractivity contribution in [3.63, 3.8) is 0 Å². The molecule has 1 aromatic rings. The second-order valence-electron chi connectivity index (χ2n) is 6.24. The van der Waals surface area contributed by atoms with E-state index in [2.05, 4.69) is 32.9 Å². The van der Waals surface area contributed by atoms with Gasteiger partial charge in [0.25, 0.3) is 0 Å². The fraction of sp³-hybridized carbons (Fsp3) is 0.647. The van der Waals surface area contributed by atoms with Crippen LogP contribution in [-0.4, -0.2) is 7.11 Å². The fourth-order valence-electron chi connectivity index (χ4n) is 3.42. The number of hydrogen-bond acceptors (Lipinski definition) is 2. The number of rotatable bonds is 3. The fourth-order valence-corrected chi connectivity index (χ4v) is 3.42. The highest BCUT2D eigenvalue weighted by atomic mass is 16.5. The van der Waals surface area contributed by atoms with Crippen molar-refractivity contribution in [2.45, 2.75) is 52.5 Å². The van der Waals surface area contributed by atoms with Crippen LogP contribution >= 0.6 is 0 Å². The van der Waals surface area contributed by atoms with Gasteiger partial charge in [-0.25, -0.2) is 0 Å². The molecule has 1 fully saturated rings. The van der Waals surface area contributed by atoms with Gasteiger partial charge in [-0.15, -0.1) is 0 Å². The minimum Gasteiger partial charge on any atom is -0.496 e. The minimum absolute atomic E-state index is 0.114. The lowest BCUT2D eigenvalue weighted by Gasteiger charge is -2.32. The Bertz CT molecular complexity index is 433. The van der Waals surface area contributed by atoms with Gasteiger partial charge in [0, 0.05) is 11.6 Å². The summed E-state index contributed by atoms with van der Waals surface area (Å²) in [5, 5.41) is 0. The van der Waals surface area contributed by atoms with Crippen molar-refractivity contribution in [2.75, 3.05) is 7.11 Å². The van der Waals surface area contributed by atoms with Crippen molar-refractivity contribution in [2.24, 2.45) is 17.6 Å². The maximum atomic E-state index is 6.56. The first-order valence-electron chi connectivity index (χ1n) is 7.43. The largest absolute Gasteiger partial charge is 0.496 e. The van der Waals surface area contributed by atoms with Gasteiger partial charge in [0.15, 0.2) is 0 Å². The van der Waals surface area contributed by atoms with E-state index in [0.717, 1.165) is 11.7 Å². The second kappa shape index (κ2) is 5.96. The van der Waals surface area contributed by atoms with Crippen LogP contribution in [0.3, 0.4) is 0 Å². The number of ether oxygens (including phenoxy) is 1. The zero-order valence-corrected chi connectivity index (χ0v) is 12.7. The van der Waals surface area contributed by atoms with Crippen molar-refractivity contribution in [1.29, 1.82) is 0 Å². The number of aryl methyl sites for hydroxylation is 2. The number of benzene rings is 1. The third-order valence-electron chi connectivity index (χ3n) is 4.61. The lowest BCUT2D eigenvalue weighted by molar-refractivity contribution is 0.252. The van der Waals surface area contributed by atoms with Crippen LogP contribution in [0.15, 0.2) is 12.1 Å². The monoisotopic (exact) mass is 261 g/mol. The first-order chi connectivity index (χ1) is 9.02. The third-order valence-corrected chi connectivity index (χ3v) is 4.61. The third kappa shape index (κ3) is 3.11. The van der Waals surface area contributed by atoms with Gasteiger partial charge in [-0.1, -0.05) is 25.8 Å². The highest BCUT2D eigenvalue weighted by molar-refractivity contribution is 5.45. The SMILES string of the molecule is COc1cc(C)cc(C)c1C(N)C1CCC(C)CC1. The molecule has 0 saturated heterocycles. The molecule has 1 saturated carbocycles. The van der Waals surface area contributed by atoms with Gasteiger partial charge >= 0.3 is 0 Å². The highest BCUT2D eigenvalue weighted by Gasteiger charge is 2.27. The molecule has 106 valence electrons. The molecule has 0 spiro atoms. The molecule has 2 heteroatoms. The van der Waals surface area contributed by atoms with Gasteiger partial charge in [0.1, 0.15) is 5.75 Å². The standard InChI is InChI=1S/C17H27NO/c1-11-5-7-14(8-6-11)17(18)16-13(3)9-12(2)10-15(16)19-4/h9-11,14,17H,5-8,18H2,1-4H3. The predicted molar refractivity (Wildman–Crippen MR) is 80.5 cm³/mol. The van der Waals surface area contributed by atoms with Gasteiger partial charge in [0.2, 0.25) is 0 Å². The molecule has 2 rings (SSSR count). The molecule has 2 N–H and O–H groups in total. The Balaban J connectivity index is 2.25. The molecule has 0 radical (unpaired) electrons. The Hall–Kier alpha value is -1.02. The van der Waals surface area contributed by atoms with Gasteiger partial charge in [-0.2, -0.15) is 0 Å². The van der Waals surface area contributed by atoms with Crippen LogP contribution in [0, 0.1) is 25.7 Å². The zero-order chi connectivity index (χ0) is 14.0. The number of methoxy groups -OCH3 is 1. The van der Waals surface area contributed by atoms with E-state index < -0.39 is 0 Å². The Labute approximate surface area is 117 Å². The smallest absolute Gasteiger partial charge is 0.124 e. The van der Waals surface area contributed by atoms with E-state index in [9.17, 15) is 0 Å². The molecule has 0 bridgehead atoms. The second-order valence-corrected chi connectivity index (χ2v) is 6.24. The normalized spacial score (nSPS) is 25.1. The van der Waals surface area contributed by atoms with Gasteiger partial charge in [0.05, 0.1) is 7.11 Å². The molecule has 19 heavy (non-hydrogen) atoms. The summed E-state index contributed by atoms with van der Waals surface area (Å²) in [4.78, 5) is 0. The highest BCUT2D eigenvalue weighted by Crippen LogP contribution is 2.39. The summed E-state index contributed by atoms with van der Waals surface area (Å²) < 4.78 is 5.56. The first kappa shape index (κ1) is 14.4. The van der Waals surface area contributed by atoms with Crippen LogP contribution in [0.1, 0.15) is 55.3 Å². The molecule has 0 amide bonds. The van der Waals surface area contributed by atoms with Crippen LogP contribution in [0.5, 0.6) is 5.75 Å². The lowest BCUT2D eigenvalue weighted by Crippen LogP contribution is -2.26. The van der Waals surface area contributed by atoms with E-state index in [4.69, 9.17) is 10.5 Å². The summed E-state index contributed by atoms with van der Waals surface area (Å²) in [6.45, 7) is 6.60. The van der Waals surface area contributed by atoms with Crippen LogP contribution in [0.4, 0.5) is 0 Å². The van der Waals surface area contributed by atoms with E-state index in [1.165, 1.54) is 42.4 Å². The van der Waals surface area contributed by atoms with Crippen molar-refractivity contribution in [1.82, 2.24) is 0 Å². The van der Waals surface area contributed by atoms with Crippen molar-refractivity contribution < 1.29 is 4.74 Å². The van der Waals surface area contributed by atoms with Gasteiger partial charge in [-0.3, -0.25) is 0 Å². The maximum absolute atomic E-state index is 6.56. The summed E-state index contributed by atoms with van der Waals surface area (Å²) in [5.74, 6) is 2.43. The molecule has 0 aliphatic heterocycles. The van der Waals surface area contributed by atoms with E-state index in [1.807, 2.05) is 0 Å². The van der Waals surface area contributed by atoms with E-state index in [0.29, 0.717) is 5.92 Å². The van der Waals surface area contributed by atoms with Gasteiger partial charge < -0.3 is 10.5 Å². The summed E-state index contributed by atoms with van der Waals surface area (Å²) in [6, 6.07) is 4.43. The predicted octanol–water partition coefficient (Wildman–Crippen LogP) is 4.14. The number of nitrogens with two attached hydrogens (primary N) is 1. The van der Waals surface area contributed by atoms with Crippen LogP contribution in [0.2, 0.25) is 0 Å². The molecule has 1 aliphatic rings. The Morgan fingerprint density at radius 3 is 2.37 bits per heavy atom. The molecule has 1 aromatic carbocycles. The lowest BCUT2D eigenvalue weighted by atomic mass is 9.76. The first-order valence-corrected chi connectivity index (χ1v) is 7.43. The topological polar surface area (TPSA) is 35.2 Å². The maximum Gasteiger partial charge on any atom is 0.124 e. The molecule has 2 nitrogen and oxygen atoms in total. The average Bonchev–Trinajstić information content (AvgIpc) is 2.38. The molecule has 1 aliphatic carbocycles. The van der Waals surface area contributed by atoms with Crippen molar-refractivity contribution in [3.05, 3.63) is 28.8 Å². The van der Waals surface area contributed by atoms with Crippen LogP contribution in [-0.2, 0) is 0 Å². The van der Waals surface area contributed by atoms with E-state index in [-0.39, 0.29) is 6.04 Å². The van der Waals surface area contributed by atoms with E-state index >= 15 is 0 Å². The molecule has 0 heterocycles.